The first kappa shape index (κ1) is 16.4. The fourth-order valence-corrected chi connectivity index (χ4v) is 1.92. The number of hydrogen-bond donors (Lipinski definition) is 2. The molecule has 0 aliphatic carbocycles. The average molecular weight is 242 g/mol. The van der Waals surface area contributed by atoms with E-state index in [1.54, 1.807) is 0 Å². The lowest BCUT2D eigenvalue weighted by atomic mass is 9.84. The third-order valence-corrected chi connectivity index (χ3v) is 2.81. The molecule has 0 bridgehead atoms. The van der Waals surface area contributed by atoms with Crippen LogP contribution < -0.4 is 11.1 Å². The van der Waals surface area contributed by atoms with E-state index in [4.69, 9.17) is 5.73 Å². The van der Waals surface area contributed by atoms with Crippen molar-refractivity contribution in [1.82, 2.24) is 5.32 Å². The Hall–Kier alpha value is -0.570. The van der Waals surface area contributed by atoms with E-state index in [9.17, 15) is 4.79 Å². The first-order valence-corrected chi connectivity index (χ1v) is 6.52. The van der Waals surface area contributed by atoms with Gasteiger partial charge < -0.3 is 11.1 Å². The van der Waals surface area contributed by atoms with E-state index in [1.807, 2.05) is 0 Å². The quantitative estimate of drug-likeness (QED) is 0.752. The summed E-state index contributed by atoms with van der Waals surface area (Å²) < 4.78 is 0. The monoisotopic (exact) mass is 242 g/mol. The summed E-state index contributed by atoms with van der Waals surface area (Å²) in [5.41, 5.74) is 5.90. The smallest absolute Gasteiger partial charge is 0.220 e. The van der Waals surface area contributed by atoms with E-state index < -0.39 is 0 Å². The minimum Gasteiger partial charge on any atom is -0.356 e. The Bertz CT molecular complexity index is 241. The molecule has 0 fully saturated rings. The zero-order chi connectivity index (χ0) is 13.7. The summed E-state index contributed by atoms with van der Waals surface area (Å²) >= 11 is 0. The van der Waals surface area contributed by atoms with Crippen molar-refractivity contribution in [3.8, 4) is 0 Å². The summed E-state index contributed by atoms with van der Waals surface area (Å²) in [7, 11) is 0. The van der Waals surface area contributed by atoms with Gasteiger partial charge in [0.25, 0.3) is 0 Å². The zero-order valence-corrected chi connectivity index (χ0v) is 12.4. The van der Waals surface area contributed by atoms with E-state index in [0.29, 0.717) is 25.4 Å². The maximum absolute atomic E-state index is 11.7. The van der Waals surface area contributed by atoms with E-state index >= 15 is 0 Å². The lowest BCUT2D eigenvalue weighted by Crippen LogP contribution is -2.38. The van der Waals surface area contributed by atoms with Gasteiger partial charge in [-0.15, -0.1) is 0 Å². The number of carbonyl (C=O) groups excluding carboxylic acids is 1. The molecule has 0 aliphatic rings. The van der Waals surface area contributed by atoms with Crippen LogP contribution in [0.5, 0.6) is 0 Å². The van der Waals surface area contributed by atoms with Gasteiger partial charge in [-0.3, -0.25) is 4.79 Å². The summed E-state index contributed by atoms with van der Waals surface area (Å²) in [6, 6.07) is 0. The molecule has 3 heteroatoms. The molecular weight excluding hydrogens is 212 g/mol. The largest absolute Gasteiger partial charge is 0.356 e. The molecule has 1 atom stereocenters. The van der Waals surface area contributed by atoms with Gasteiger partial charge in [-0.05, 0) is 29.7 Å². The van der Waals surface area contributed by atoms with Gasteiger partial charge in [-0.1, -0.05) is 41.5 Å². The fourth-order valence-electron chi connectivity index (χ4n) is 1.92. The van der Waals surface area contributed by atoms with Crippen LogP contribution in [0.4, 0.5) is 0 Å². The Morgan fingerprint density at radius 3 is 2.18 bits per heavy atom. The number of carbonyl (C=O) groups is 1. The molecule has 0 aromatic rings. The fraction of sp³-hybridized carbons (Fsp3) is 0.929. The van der Waals surface area contributed by atoms with Crippen LogP contribution >= 0.6 is 0 Å². The molecule has 17 heavy (non-hydrogen) atoms. The summed E-state index contributed by atoms with van der Waals surface area (Å²) in [5, 5.41) is 2.97. The van der Waals surface area contributed by atoms with Gasteiger partial charge in [0.2, 0.25) is 5.91 Å². The first-order valence-electron chi connectivity index (χ1n) is 6.52. The molecule has 0 rings (SSSR count). The van der Waals surface area contributed by atoms with Crippen molar-refractivity contribution in [1.29, 1.82) is 0 Å². The number of amides is 1. The van der Waals surface area contributed by atoms with Crippen LogP contribution in [-0.2, 0) is 4.79 Å². The van der Waals surface area contributed by atoms with Gasteiger partial charge in [-0.2, -0.15) is 0 Å². The maximum atomic E-state index is 11.7. The van der Waals surface area contributed by atoms with Crippen LogP contribution in [0.1, 0.15) is 54.4 Å². The van der Waals surface area contributed by atoms with Crippen molar-refractivity contribution < 1.29 is 4.79 Å². The van der Waals surface area contributed by atoms with Gasteiger partial charge >= 0.3 is 0 Å². The minimum absolute atomic E-state index is 0.0110. The second-order valence-corrected chi connectivity index (χ2v) is 7.22. The Labute approximate surface area is 107 Å². The Morgan fingerprint density at radius 2 is 1.76 bits per heavy atom. The molecule has 0 saturated carbocycles. The van der Waals surface area contributed by atoms with Crippen molar-refractivity contribution in [2.24, 2.45) is 22.5 Å². The molecule has 0 radical (unpaired) electrons. The normalized spacial score (nSPS) is 14.5. The van der Waals surface area contributed by atoms with Gasteiger partial charge in [-0.25, -0.2) is 0 Å². The molecule has 0 heterocycles. The lowest BCUT2D eigenvalue weighted by molar-refractivity contribution is -0.122. The van der Waals surface area contributed by atoms with Crippen LogP contribution in [0.15, 0.2) is 0 Å². The van der Waals surface area contributed by atoms with Gasteiger partial charge in [0, 0.05) is 13.0 Å². The molecule has 102 valence electrons. The molecule has 3 nitrogen and oxygen atoms in total. The molecule has 0 spiro atoms. The molecular formula is C14H30N2O. The van der Waals surface area contributed by atoms with Crippen molar-refractivity contribution in [3.05, 3.63) is 0 Å². The Morgan fingerprint density at radius 1 is 1.24 bits per heavy atom. The lowest BCUT2D eigenvalue weighted by Gasteiger charge is -2.25. The summed E-state index contributed by atoms with van der Waals surface area (Å²) in [4.78, 5) is 11.7. The zero-order valence-electron chi connectivity index (χ0n) is 12.4. The third kappa shape index (κ3) is 9.16. The van der Waals surface area contributed by atoms with Crippen molar-refractivity contribution in [3.63, 3.8) is 0 Å². The predicted molar refractivity (Wildman–Crippen MR) is 73.7 cm³/mol. The molecule has 3 N–H and O–H groups in total. The SMILES string of the molecule is CC(CC(=O)NCC(C)(C)CN)CC(C)(C)C. The molecule has 0 aromatic heterocycles. The van der Waals surface area contributed by atoms with E-state index in [1.165, 1.54) is 0 Å². The second kappa shape index (κ2) is 6.39. The minimum atomic E-state index is -0.0110. The van der Waals surface area contributed by atoms with Gasteiger partial charge in [0.15, 0.2) is 0 Å². The van der Waals surface area contributed by atoms with Crippen LogP contribution in [-0.4, -0.2) is 19.0 Å². The van der Waals surface area contributed by atoms with Crippen LogP contribution in [0.2, 0.25) is 0 Å². The highest BCUT2D eigenvalue weighted by molar-refractivity contribution is 5.76. The summed E-state index contributed by atoms with van der Waals surface area (Å²) in [5.74, 6) is 0.569. The highest BCUT2D eigenvalue weighted by Gasteiger charge is 2.20. The van der Waals surface area contributed by atoms with Crippen LogP contribution in [0.3, 0.4) is 0 Å². The van der Waals surface area contributed by atoms with Gasteiger partial charge in [0.05, 0.1) is 0 Å². The summed E-state index contributed by atoms with van der Waals surface area (Å²) in [6.07, 6.45) is 1.68. The summed E-state index contributed by atoms with van der Waals surface area (Å²) in [6.45, 7) is 14.1. The molecule has 1 unspecified atom stereocenters. The second-order valence-electron chi connectivity index (χ2n) is 7.22. The number of nitrogens with one attached hydrogen (secondary N) is 1. The third-order valence-electron chi connectivity index (χ3n) is 2.81. The van der Waals surface area contributed by atoms with Crippen LogP contribution in [0.25, 0.3) is 0 Å². The number of rotatable bonds is 6. The molecule has 0 aromatic carbocycles. The number of nitrogens with two attached hydrogens (primary N) is 1. The molecule has 0 saturated heterocycles. The first-order chi connectivity index (χ1) is 7.56. The highest BCUT2D eigenvalue weighted by Crippen LogP contribution is 2.25. The van der Waals surface area contributed by atoms with Crippen LogP contribution in [0, 0.1) is 16.7 Å². The molecule has 1 amide bonds. The maximum Gasteiger partial charge on any atom is 0.220 e. The number of hydrogen-bond acceptors (Lipinski definition) is 2. The topological polar surface area (TPSA) is 55.1 Å². The Balaban J connectivity index is 3.95. The van der Waals surface area contributed by atoms with E-state index in [-0.39, 0.29) is 16.7 Å². The van der Waals surface area contributed by atoms with E-state index in [2.05, 4.69) is 46.9 Å². The standard InChI is InChI=1S/C14H30N2O/c1-11(8-13(2,3)4)7-12(17)16-10-14(5,6)9-15/h11H,7-10,15H2,1-6H3,(H,16,17). The average Bonchev–Trinajstić information content (AvgIpc) is 2.12. The Kier molecular flexibility index (Phi) is 6.17. The van der Waals surface area contributed by atoms with Gasteiger partial charge in [0.1, 0.15) is 0 Å². The van der Waals surface area contributed by atoms with Crippen molar-refractivity contribution >= 4 is 5.91 Å². The van der Waals surface area contributed by atoms with Crippen molar-refractivity contribution in [2.75, 3.05) is 13.1 Å². The predicted octanol–water partition coefficient (Wildman–Crippen LogP) is 2.55. The van der Waals surface area contributed by atoms with E-state index in [0.717, 1.165) is 6.42 Å². The molecule has 0 aliphatic heterocycles. The highest BCUT2D eigenvalue weighted by atomic mass is 16.1. The van der Waals surface area contributed by atoms with Crippen molar-refractivity contribution in [2.45, 2.75) is 54.4 Å².